The number of tetrazole rings is 1. The SMILES string of the molecule is Cn1c(COC(=O)c2ccc(-n3cnnn3)cc2)cc(=O)n(C)c1=O. The van der Waals surface area contributed by atoms with Crippen LogP contribution in [0.25, 0.3) is 5.69 Å². The van der Waals surface area contributed by atoms with Crippen LogP contribution in [0.5, 0.6) is 0 Å². The average molecular weight is 342 g/mol. The summed E-state index contributed by atoms with van der Waals surface area (Å²) in [5.74, 6) is -0.573. The number of carbonyl (C=O) groups excluding carboxylic acids is 1. The third-order valence-electron chi connectivity index (χ3n) is 3.69. The van der Waals surface area contributed by atoms with E-state index in [-0.39, 0.29) is 6.61 Å². The topological polar surface area (TPSA) is 114 Å². The van der Waals surface area contributed by atoms with Gasteiger partial charge in [0.05, 0.1) is 16.9 Å². The molecule has 0 atom stereocenters. The van der Waals surface area contributed by atoms with E-state index in [2.05, 4.69) is 15.5 Å². The van der Waals surface area contributed by atoms with Crippen LogP contribution in [0, 0.1) is 0 Å². The highest BCUT2D eigenvalue weighted by Gasteiger charge is 2.11. The van der Waals surface area contributed by atoms with Gasteiger partial charge in [-0.05, 0) is 34.7 Å². The van der Waals surface area contributed by atoms with Crippen molar-refractivity contribution in [1.29, 1.82) is 0 Å². The fourth-order valence-electron chi connectivity index (χ4n) is 2.17. The van der Waals surface area contributed by atoms with Crippen LogP contribution < -0.4 is 11.2 Å². The predicted octanol–water partition coefficient (Wildman–Crippen LogP) is -0.583. The van der Waals surface area contributed by atoms with Gasteiger partial charge in [-0.3, -0.25) is 13.9 Å². The predicted molar refractivity (Wildman–Crippen MR) is 85.2 cm³/mol. The molecule has 0 aliphatic carbocycles. The van der Waals surface area contributed by atoms with Gasteiger partial charge >= 0.3 is 11.7 Å². The largest absolute Gasteiger partial charge is 0.456 e. The molecule has 1 aromatic carbocycles. The molecule has 3 rings (SSSR count). The summed E-state index contributed by atoms with van der Waals surface area (Å²) in [6.07, 6.45) is 1.43. The van der Waals surface area contributed by atoms with Crippen LogP contribution in [0.4, 0.5) is 0 Å². The standard InChI is InChI=1S/C15H14N6O4/c1-19-12(7-13(22)20(2)15(19)24)8-25-14(23)10-3-5-11(6-4-10)21-9-16-17-18-21/h3-7,9H,8H2,1-2H3. The van der Waals surface area contributed by atoms with Gasteiger partial charge in [0.1, 0.15) is 12.9 Å². The normalized spacial score (nSPS) is 10.6. The lowest BCUT2D eigenvalue weighted by molar-refractivity contribution is 0.0462. The number of ether oxygens (including phenoxy) is 1. The third kappa shape index (κ3) is 3.22. The van der Waals surface area contributed by atoms with Gasteiger partial charge in [-0.2, -0.15) is 0 Å². The number of esters is 1. The maximum Gasteiger partial charge on any atom is 0.338 e. The third-order valence-corrected chi connectivity index (χ3v) is 3.69. The van der Waals surface area contributed by atoms with E-state index >= 15 is 0 Å². The van der Waals surface area contributed by atoms with Gasteiger partial charge in [0.2, 0.25) is 0 Å². The molecule has 10 nitrogen and oxygen atoms in total. The van der Waals surface area contributed by atoms with Crippen LogP contribution in [0.15, 0.2) is 46.2 Å². The van der Waals surface area contributed by atoms with Crippen LogP contribution in [0.2, 0.25) is 0 Å². The van der Waals surface area contributed by atoms with Crippen LogP contribution in [-0.4, -0.2) is 35.3 Å². The summed E-state index contributed by atoms with van der Waals surface area (Å²) >= 11 is 0. The molecular formula is C15H14N6O4. The molecule has 0 radical (unpaired) electrons. The number of benzene rings is 1. The van der Waals surface area contributed by atoms with Crippen molar-refractivity contribution < 1.29 is 9.53 Å². The van der Waals surface area contributed by atoms with E-state index in [1.165, 1.54) is 35.7 Å². The Morgan fingerprint density at radius 2 is 1.84 bits per heavy atom. The Morgan fingerprint density at radius 1 is 1.12 bits per heavy atom. The maximum absolute atomic E-state index is 12.1. The summed E-state index contributed by atoms with van der Waals surface area (Å²) in [5.41, 5.74) is 0.386. The smallest absolute Gasteiger partial charge is 0.338 e. The zero-order valence-corrected chi connectivity index (χ0v) is 13.5. The minimum atomic E-state index is -0.573. The summed E-state index contributed by atoms with van der Waals surface area (Å²) in [6, 6.07) is 7.74. The van der Waals surface area contributed by atoms with E-state index in [9.17, 15) is 14.4 Å². The highest BCUT2D eigenvalue weighted by atomic mass is 16.5. The lowest BCUT2D eigenvalue weighted by Gasteiger charge is -2.10. The van der Waals surface area contributed by atoms with Crippen molar-refractivity contribution in [3.63, 3.8) is 0 Å². The Morgan fingerprint density at radius 3 is 2.48 bits per heavy atom. The average Bonchev–Trinajstić information content (AvgIpc) is 3.16. The van der Waals surface area contributed by atoms with Gasteiger partial charge in [-0.15, -0.1) is 5.10 Å². The first-order valence-corrected chi connectivity index (χ1v) is 7.24. The van der Waals surface area contributed by atoms with Gasteiger partial charge < -0.3 is 4.74 Å². The number of hydrogen-bond acceptors (Lipinski definition) is 7. The molecule has 0 amide bonds. The number of nitrogens with zero attached hydrogens (tertiary/aromatic N) is 6. The molecule has 0 N–H and O–H groups in total. The van der Waals surface area contributed by atoms with E-state index in [0.29, 0.717) is 16.9 Å². The zero-order chi connectivity index (χ0) is 18.0. The molecule has 25 heavy (non-hydrogen) atoms. The van der Waals surface area contributed by atoms with Gasteiger partial charge in [0.25, 0.3) is 5.56 Å². The van der Waals surface area contributed by atoms with Crippen LogP contribution >= 0.6 is 0 Å². The summed E-state index contributed by atoms with van der Waals surface area (Å²) in [5, 5.41) is 10.8. The molecule has 3 aromatic rings. The van der Waals surface area contributed by atoms with Crippen molar-refractivity contribution >= 4 is 5.97 Å². The number of carbonyl (C=O) groups is 1. The van der Waals surface area contributed by atoms with Gasteiger partial charge in [0.15, 0.2) is 0 Å². The molecule has 2 aromatic heterocycles. The van der Waals surface area contributed by atoms with E-state index < -0.39 is 17.2 Å². The monoisotopic (exact) mass is 342 g/mol. The van der Waals surface area contributed by atoms with Crippen LogP contribution in [0.3, 0.4) is 0 Å². The van der Waals surface area contributed by atoms with Crippen molar-refractivity contribution in [1.82, 2.24) is 29.3 Å². The first-order valence-electron chi connectivity index (χ1n) is 7.24. The van der Waals surface area contributed by atoms with E-state index in [1.54, 1.807) is 24.3 Å². The number of aromatic nitrogens is 6. The Labute approximate surface area is 140 Å². The Hall–Kier alpha value is -3.56. The maximum atomic E-state index is 12.1. The van der Waals surface area contributed by atoms with Crippen molar-refractivity contribution in [3.8, 4) is 5.69 Å². The fraction of sp³-hybridized carbons (Fsp3) is 0.200. The zero-order valence-electron chi connectivity index (χ0n) is 13.5. The Bertz CT molecular complexity index is 1020. The lowest BCUT2D eigenvalue weighted by Crippen LogP contribution is -2.38. The quantitative estimate of drug-likeness (QED) is 0.583. The van der Waals surface area contributed by atoms with Gasteiger partial charge in [-0.25, -0.2) is 14.3 Å². The Kier molecular flexibility index (Phi) is 4.25. The molecule has 0 bridgehead atoms. The molecule has 0 aliphatic rings. The molecular weight excluding hydrogens is 328 g/mol. The molecule has 0 fully saturated rings. The highest BCUT2D eigenvalue weighted by molar-refractivity contribution is 5.89. The van der Waals surface area contributed by atoms with E-state index in [1.807, 2.05) is 0 Å². The minimum absolute atomic E-state index is 0.185. The first-order chi connectivity index (χ1) is 12.0. The summed E-state index contributed by atoms with van der Waals surface area (Å²) in [6.45, 7) is -0.185. The molecule has 2 heterocycles. The van der Waals surface area contributed by atoms with E-state index in [4.69, 9.17) is 4.74 Å². The highest BCUT2D eigenvalue weighted by Crippen LogP contribution is 2.09. The minimum Gasteiger partial charge on any atom is -0.456 e. The van der Waals surface area contributed by atoms with Crippen LogP contribution in [-0.2, 0) is 25.4 Å². The molecule has 0 spiro atoms. The van der Waals surface area contributed by atoms with Crippen molar-refractivity contribution in [2.24, 2.45) is 14.1 Å². The Balaban J connectivity index is 1.73. The molecule has 10 heteroatoms. The fourth-order valence-corrected chi connectivity index (χ4v) is 2.17. The second-order valence-electron chi connectivity index (χ2n) is 5.25. The van der Waals surface area contributed by atoms with Crippen molar-refractivity contribution in [3.05, 3.63) is 68.8 Å². The second-order valence-corrected chi connectivity index (χ2v) is 5.25. The summed E-state index contributed by atoms with van der Waals surface area (Å²) in [7, 11) is 2.89. The number of rotatable bonds is 4. The summed E-state index contributed by atoms with van der Waals surface area (Å²) in [4.78, 5) is 35.6. The molecule has 0 saturated carbocycles. The van der Waals surface area contributed by atoms with Crippen LogP contribution in [0.1, 0.15) is 16.1 Å². The number of hydrogen-bond donors (Lipinski definition) is 0. The summed E-state index contributed by atoms with van der Waals surface area (Å²) < 4.78 is 8.87. The molecule has 0 unspecified atom stereocenters. The second kappa shape index (κ2) is 6.51. The van der Waals surface area contributed by atoms with Crippen molar-refractivity contribution in [2.75, 3.05) is 0 Å². The molecule has 0 saturated heterocycles. The van der Waals surface area contributed by atoms with Gasteiger partial charge in [0, 0.05) is 20.2 Å². The lowest BCUT2D eigenvalue weighted by atomic mass is 10.2. The van der Waals surface area contributed by atoms with E-state index in [0.717, 1.165) is 4.57 Å². The molecule has 0 aliphatic heterocycles. The first kappa shape index (κ1) is 16.3. The van der Waals surface area contributed by atoms with Gasteiger partial charge in [-0.1, -0.05) is 0 Å². The molecule has 128 valence electrons. The van der Waals surface area contributed by atoms with Crippen molar-refractivity contribution in [2.45, 2.75) is 6.61 Å².